The number of carbonyl (C=O) groups is 2. The summed E-state index contributed by atoms with van der Waals surface area (Å²) in [6.07, 6.45) is 0. The zero-order valence-electron chi connectivity index (χ0n) is 15.2. The monoisotopic (exact) mass is 405 g/mol. The van der Waals surface area contributed by atoms with Crippen molar-refractivity contribution in [3.63, 3.8) is 0 Å². The first-order valence-electron chi connectivity index (χ1n) is 8.64. The third-order valence-electron chi connectivity index (χ3n) is 3.91. The van der Waals surface area contributed by atoms with Crippen molar-refractivity contribution in [2.45, 2.75) is 0 Å². The third kappa shape index (κ3) is 5.34. The molecule has 7 heteroatoms. The largest absolute Gasteiger partial charge is 0.452 e. The van der Waals surface area contributed by atoms with Gasteiger partial charge in [0.15, 0.2) is 6.61 Å². The predicted molar refractivity (Wildman–Crippen MR) is 111 cm³/mol. The van der Waals surface area contributed by atoms with Crippen LogP contribution in [0.25, 0.3) is 0 Å². The lowest BCUT2D eigenvalue weighted by molar-refractivity contribution is -0.119. The molecule has 0 atom stereocenters. The molecule has 0 spiro atoms. The molecule has 3 aromatic carbocycles. The molecule has 0 aromatic heterocycles. The average molecular weight is 406 g/mol. The fourth-order valence-electron chi connectivity index (χ4n) is 2.56. The smallest absolute Gasteiger partial charge is 0.340 e. The standard InChI is InChI=1S/C22H16ClN3O3/c23-16-11-10-15(13-24)20(12-16)26-21(27)14-29-22(28)18-8-4-5-9-19(18)25-17-6-2-1-3-7-17/h1-12,25H,14H2,(H,26,27). The average Bonchev–Trinajstić information content (AvgIpc) is 2.73. The topological polar surface area (TPSA) is 91.2 Å². The highest BCUT2D eigenvalue weighted by Crippen LogP contribution is 2.22. The number of amides is 1. The van der Waals surface area contributed by atoms with Crippen LogP contribution in [0.4, 0.5) is 17.1 Å². The lowest BCUT2D eigenvalue weighted by Crippen LogP contribution is -2.21. The fraction of sp³-hybridized carbons (Fsp3) is 0.0455. The molecule has 0 fully saturated rings. The first-order chi connectivity index (χ1) is 14.1. The molecule has 0 bridgehead atoms. The molecule has 6 nitrogen and oxygen atoms in total. The Hall–Kier alpha value is -3.82. The number of nitrogens with one attached hydrogen (secondary N) is 2. The number of rotatable bonds is 6. The predicted octanol–water partition coefficient (Wildman–Crippen LogP) is 4.75. The number of hydrogen-bond donors (Lipinski definition) is 2. The number of para-hydroxylation sites is 2. The molecule has 0 heterocycles. The summed E-state index contributed by atoms with van der Waals surface area (Å²) in [4.78, 5) is 24.6. The highest BCUT2D eigenvalue weighted by atomic mass is 35.5. The maximum atomic E-state index is 12.5. The van der Waals surface area contributed by atoms with Gasteiger partial charge in [-0.15, -0.1) is 0 Å². The summed E-state index contributed by atoms with van der Waals surface area (Å²) in [7, 11) is 0. The number of ether oxygens (including phenoxy) is 1. The van der Waals surface area contributed by atoms with Crippen LogP contribution in [0.5, 0.6) is 0 Å². The van der Waals surface area contributed by atoms with Crippen molar-refractivity contribution in [2.24, 2.45) is 0 Å². The molecule has 0 radical (unpaired) electrons. The highest BCUT2D eigenvalue weighted by molar-refractivity contribution is 6.31. The van der Waals surface area contributed by atoms with Gasteiger partial charge >= 0.3 is 5.97 Å². The van der Waals surface area contributed by atoms with Crippen LogP contribution in [0.3, 0.4) is 0 Å². The molecular formula is C22H16ClN3O3. The van der Waals surface area contributed by atoms with Gasteiger partial charge in [-0.25, -0.2) is 4.79 Å². The Morgan fingerprint density at radius 3 is 2.45 bits per heavy atom. The molecule has 0 aliphatic heterocycles. The van der Waals surface area contributed by atoms with E-state index in [9.17, 15) is 9.59 Å². The number of nitrogens with zero attached hydrogens (tertiary/aromatic N) is 1. The zero-order valence-corrected chi connectivity index (χ0v) is 15.9. The van der Waals surface area contributed by atoms with Crippen LogP contribution in [0.15, 0.2) is 72.8 Å². The van der Waals surface area contributed by atoms with E-state index >= 15 is 0 Å². The summed E-state index contributed by atoms with van der Waals surface area (Å²) in [5.41, 5.74) is 2.18. The molecule has 0 unspecified atom stereocenters. The summed E-state index contributed by atoms with van der Waals surface area (Å²) >= 11 is 5.90. The number of nitriles is 1. The Balaban J connectivity index is 1.65. The molecule has 0 aliphatic carbocycles. The van der Waals surface area contributed by atoms with E-state index in [1.165, 1.54) is 12.1 Å². The molecule has 144 valence electrons. The summed E-state index contributed by atoms with van der Waals surface area (Å²) in [6.45, 7) is -0.504. The SMILES string of the molecule is N#Cc1ccc(Cl)cc1NC(=O)COC(=O)c1ccccc1Nc1ccccc1. The van der Waals surface area contributed by atoms with E-state index in [1.54, 1.807) is 30.3 Å². The Bertz CT molecular complexity index is 1080. The molecule has 29 heavy (non-hydrogen) atoms. The van der Waals surface area contributed by atoms with Gasteiger partial charge in [0, 0.05) is 10.7 Å². The summed E-state index contributed by atoms with van der Waals surface area (Å²) < 4.78 is 5.14. The lowest BCUT2D eigenvalue weighted by atomic mass is 10.1. The van der Waals surface area contributed by atoms with E-state index in [4.69, 9.17) is 21.6 Å². The molecule has 1 amide bonds. The number of hydrogen-bond acceptors (Lipinski definition) is 5. The minimum atomic E-state index is -0.647. The number of carbonyl (C=O) groups excluding carboxylic acids is 2. The molecule has 0 saturated carbocycles. The van der Waals surface area contributed by atoms with Crippen LogP contribution in [0.2, 0.25) is 5.02 Å². The molecule has 0 saturated heterocycles. The maximum Gasteiger partial charge on any atom is 0.340 e. The molecule has 2 N–H and O–H groups in total. The van der Waals surface area contributed by atoms with E-state index in [2.05, 4.69) is 10.6 Å². The maximum absolute atomic E-state index is 12.5. The van der Waals surface area contributed by atoms with Crippen LogP contribution < -0.4 is 10.6 Å². The van der Waals surface area contributed by atoms with Crippen LogP contribution in [-0.4, -0.2) is 18.5 Å². The van der Waals surface area contributed by atoms with Gasteiger partial charge in [0.1, 0.15) is 6.07 Å². The number of esters is 1. The van der Waals surface area contributed by atoms with Gasteiger partial charge in [0.25, 0.3) is 5.91 Å². The van der Waals surface area contributed by atoms with Gasteiger partial charge in [-0.3, -0.25) is 4.79 Å². The second-order valence-electron chi connectivity index (χ2n) is 5.96. The summed E-state index contributed by atoms with van der Waals surface area (Å²) in [5.74, 6) is -1.23. The van der Waals surface area contributed by atoms with E-state index in [-0.39, 0.29) is 11.3 Å². The number of halogens is 1. The highest BCUT2D eigenvalue weighted by Gasteiger charge is 2.15. The molecule has 3 rings (SSSR count). The van der Waals surface area contributed by atoms with Crippen LogP contribution in [-0.2, 0) is 9.53 Å². The fourth-order valence-corrected chi connectivity index (χ4v) is 2.73. The molecular weight excluding hydrogens is 390 g/mol. The van der Waals surface area contributed by atoms with E-state index < -0.39 is 18.5 Å². The van der Waals surface area contributed by atoms with Gasteiger partial charge in [0.05, 0.1) is 22.5 Å². The van der Waals surface area contributed by atoms with Gasteiger partial charge in [0.2, 0.25) is 0 Å². The normalized spacial score (nSPS) is 9.93. The minimum Gasteiger partial charge on any atom is -0.452 e. The van der Waals surface area contributed by atoms with Crippen LogP contribution in [0, 0.1) is 11.3 Å². The number of anilines is 3. The van der Waals surface area contributed by atoms with Gasteiger partial charge in [-0.05, 0) is 42.5 Å². The Morgan fingerprint density at radius 2 is 1.69 bits per heavy atom. The zero-order chi connectivity index (χ0) is 20.6. The van der Waals surface area contributed by atoms with Crippen molar-refractivity contribution < 1.29 is 14.3 Å². The van der Waals surface area contributed by atoms with Crippen LogP contribution in [0.1, 0.15) is 15.9 Å². The molecule has 0 aliphatic rings. The lowest BCUT2D eigenvalue weighted by Gasteiger charge is -2.12. The third-order valence-corrected chi connectivity index (χ3v) is 4.15. The van der Waals surface area contributed by atoms with Crippen molar-refractivity contribution in [2.75, 3.05) is 17.2 Å². The summed E-state index contributed by atoms with van der Waals surface area (Å²) in [6, 6.07) is 22.7. The summed E-state index contributed by atoms with van der Waals surface area (Å²) in [5, 5.41) is 15.2. The second-order valence-corrected chi connectivity index (χ2v) is 6.40. The van der Waals surface area contributed by atoms with Crippen molar-refractivity contribution in [3.8, 4) is 6.07 Å². The molecule has 3 aromatic rings. The Kier molecular flexibility index (Phi) is 6.46. The van der Waals surface area contributed by atoms with Gasteiger partial charge in [-0.1, -0.05) is 41.9 Å². The van der Waals surface area contributed by atoms with Gasteiger partial charge < -0.3 is 15.4 Å². The van der Waals surface area contributed by atoms with E-state index in [0.717, 1.165) is 5.69 Å². The first-order valence-corrected chi connectivity index (χ1v) is 9.02. The van der Waals surface area contributed by atoms with Crippen molar-refractivity contribution in [1.82, 2.24) is 0 Å². The van der Waals surface area contributed by atoms with Crippen molar-refractivity contribution in [3.05, 3.63) is 88.9 Å². The second kappa shape index (κ2) is 9.40. The Labute approximate surface area is 172 Å². The van der Waals surface area contributed by atoms with Crippen LogP contribution >= 0.6 is 11.6 Å². The first kappa shape index (κ1) is 19.9. The van der Waals surface area contributed by atoms with Gasteiger partial charge in [-0.2, -0.15) is 5.26 Å². The Morgan fingerprint density at radius 1 is 0.966 bits per heavy atom. The minimum absolute atomic E-state index is 0.256. The van der Waals surface area contributed by atoms with Crippen molar-refractivity contribution in [1.29, 1.82) is 5.26 Å². The quantitative estimate of drug-likeness (QED) is 0.577. The van der Waals surface area contributed by atoms with E-state index in [1.807, 2.05) is 36.4 Å². The van der Waals surface area contributed by atoms with E-state index in [0.29, 0.717) is 16.3 Å². The number of benzene rings is 3. The van der Waals surface area contributed by atoms with Crippen molar-refractivity contribution >= 4 is 40.5 Å².